The molecular weight excluding hydrogens is 320 g/mol. The molecule has 1 saturated heterocycles. The van der Waals surface area contributed by atoms with Gasteiger partial charge in [0.2, 0.25) is 15.9 Å². The van der Waals surface area contributed by atoms with Crippen molar-refractivity contribution in [3.05, 3.63) is 18.2 Å². The largest absolute Gasteiger partial charge is 0.497 e. The number of nitrogens with zero attached hydrogens (tertiary/aromatic N) is 1. The van der Waals surface area contributed by atoms with Gasteiger partial charge in [-0.15, -0.1) is 0 Å². The van der Waals surface area contributed by atoms with Crippen LogP contribution in [0.1, 0.15) is 12.8 Å². The van der Waals surface area contributed by atoms with Crippen molar-refractivity contribution in [3.8, 4) is 11.5 Å². The lowest BCUT2D eigenvalue weighted by Gasteiger charge is -2.30. The van der Waals surface area contributed by atoms with Crippen LogP contribution in [-0.2, 0) is 14.8 Å². The number of hydrogen-bond donors (Lipinski definition) is 1. The molecule has 1 aromatic carbocycles. The Morgan fingerprint density at radius 2 is 2.04 bits per heavy atom. The van der Waals surface area contributed by atoms with E-state index in [9.17, 15) is 13.2 Å². The van der Waals surface area contributed by atoms with Gasteiger partial charge in [0.25, 0.3) is 0 Å². The molecule has 1 heterocycles. The number of piperidine rings is 1. The predicted octanol–water partition coefficient (Wildman–Crippen LogP) is 1.31. The van der Waals surface area contributed by atoms with Gasteiger partial charge in [0, 0.05) is 19.2 Å². The van der Waals surface area contributed by atoms with E-state index in [1.54, 1.807) is 25.3 Å². The summed E-state index contributed by atoms with van der Waals surface area (Å²) < 4.78 is 35.0. The summed E-state index contributed by atoms with van der Waals surface area (Å²) in [5.41, 5.74) is 0.508. The van der Waals surface area contributed by atoms with Gasteiger partial charge in [-0.05, 0) is 25.0 Å². The quantitative estimate of drug-likeness (QED) is 0.872. The Hall–Kier alpha value is -1.80. The van der Waals surface area contributed by atoms with E-state index in [1.807, 2.05) is 0 Å². The maximum absolute atomic E-state index is 12.5. The normalized spacial score (nSPS) is 19.2. The third kappa shape index (κ3) is 4.35. The van der Waals surface area contributed by atoms with E-state index >= 15 is 0 Å². The molecule has 1 aliphatic heterocycles. The summed E-state index contributed by atoms with van der Waals surface area (Å²) in [5.74, 6) is 0.525. The summed E-state index contributed by atoms with van der Waals surface area (Å²) in [6.07, 6.45) is 2.49. The molecule has 128 valence electrons. The molecule has 8 heteroatoms. The summed E-state index contributed by atoms with van der Waals surface area (Å²) >= 11 is 0. The van der Waals surface area contributed by atoms with Crippen LogP contribution in [0.25, 0.3) is 0 Å². The van der Waals surface area contributed by atoms with E-state index in [4.69, 9.17) is 9.47 Å². The average molecular weight is 342 g/mol. The maximum Gasteiger partial charge on any atom is 0.228 e. The first-order valence-electron chi connectivity index (χ1n) is 7.33. The van der Waals surface area contributed by atoms with Crippen LogP contribution in [0, 0.1) is 5.92 Å². The Balaban J connectivity index is 2.12. The molecule has 1 atom stereocenters. The van der Waals surface area contributed by atoms with Gasteiger partial charge in [-0.25, -0.2) is 12.7 Å². The van der Waals surface area contributed by atoms with Crippen molar-refractivity contribution in [3.63, 3.8) is 0 Å². The van der Waals surface area contributed by atoms with Crippen LogP contribution >= 0.6 is 0 Å². The van der Waals surface area contributed by atoms with Crippen molar-refractivity contribution in [2.75, 3.05) is 38.9 Å². The van der Waals surface area contributed by atoms with Gasteiger partial charge in [0.1, 0.15) is 11.5 Å². The smallest absolute Gasteiger partial charge is 0.228 e. The summed E-state index contributed by atoms with van der Waals surface area (Å²) in [6.45, 7) is 0.669. The highest BCUT2D eigenvalue weighted by Crippen LogP contribution is 2.30. The zero-order valence-electron chi connectivity index (χ0n) is 13.5. The Bertz CT molecular complexity index is 674. The van der Waals surface area contributed by atoms with Crippen LogP contribution in [0.2, 0.25) is 0 Å². The molecule has 0 aliphatic carbocycles. The Morgan fingerprint density at radius 1 is 1.30 bits per heavy atom. The van der Waals surface area contributed by atoms with Crippen molar-refractivity contribution in [1.29, 1.82) is 0 Å². The Labute approximate surface area is 136 Å². The van der Waals surface area contributed by atoms with Gasteiger partial charge in [0.05, 0.1) is 32.1 Å². The first-order valence-corrected chi connectivity index (χ1v) is 9.18. The monoisotopic (exact) mass is 342 g/mol. The minimum atomic E-state index is -3.28. The second-order valence-corrected chi connectivity index (χ2v) is 7.50. The zero-order chi connectivity index (χ0) is 17.0. The van der Waals surface area contributed by atoms with Gasteiger partial charge in [0.15, 0.2) is 0 Å². The molecule has 0 spiro atoms. The number of methoxy groups -OCH3 is 2. The lowest BCUT2D eigenvalue weighted by atomic mass is 9.98. The van der Waals surface area contributed by atoms with E-state index in [-0.39, 0.29) is 18.4 Å². The Kier molecular flexibility index (Phi) is 5.48. The summed E-state index contributed by atoms with van der Waals surface area (Å²) in [5, 5.41) is 2.81. The number of anilines is 1. The third-order valence-electron chi connectivity index (χ3n) is 3.89. The van der Waals surface area contributed by atoms with Crippen LogP contribution in [0.5, 0.6) is 11.5 Å². The van der Waals surface area contributed by atoms with Crippen LogP contribution in [0.4, 0.5) is 5.69 Å². The van der Waals surface area contributed by atoms with Crippen molar-refractivity contribution < 1.29 is 22.7 Å². The molecule has 1 amide bonds. The molecule has 1 N–H and O–H groups in total. The maximum atomic E-state index is 12.5. The Morgan fingerprint density at radius 3 is 2.65 bits per heavy atom. The summed E-state index contributed by atoms with van der Waals surface area (Å²) in [6, 6.07) is 5.12. The first-order chi connectivity index (χ1) is 10.8. The highest BCUT2D eigenvalue weighted by atomic mass is 32.2. The third-order valence-corrected chi connectivity index (χ3v) is 5.16. The van der Waals surface area contributed by atoms with Crippen LogP contribution in [0.15, 0.2) is 18.2 Å². The second kappa shape index (κ2) is 7.18. The van der Waals surface area contributed by atoms with E-state index in [1.165, 1.54) is 17.7 Å². The molecule has 0 saturated carbocycles. The number of carbonyl (C=O) groups excluding carboxylic acids is 1. The highest BCUT2D eigenvalue weighted by Gasteiger charge is 2.30. The molecule has 7 nitrogen and oxygen atoms in total. The van der Waals surface area contributed by atoms with Crippen LogP contribution < -0.4 is 14.8 Å². The first kappa shape index (κ1) is 17.6. The molecule has 0 aromatic heterocycles. The molecular formula is C15H22N2O5S. The van der Waals surface area contributed by atoms with E-state index in [2.05, 4.69) is 5.32 Å². The van der Waals surface area contributed by atoms with E-state index in [0.717, 1.165) is 0 Å². The number of carbonyl (C=O) groups is 1. The number of hydrogen-bond acceptors (Lipinski definition) is 5. The number of amides is 1. The topological polar surface area (TPSA) is 84.9 Å². The number of benzene rings is 1. The SMILES string of the molecule is COc1ccc(OC)c(NC(=O)[C@@H]2CCCN(S(C)(=O)=O)C2)c1. The summed E-state index contributed by atoms with van der Waals surface area (Å²) in [4.78, 5) is 12.5. The van der Waals surface area contributed by atoms with Gasteiger partial charge in [-0.2, -0.15) is 0 Å². The van der Waals surface area contributed by atoms with Crippen molar-refractivity contribution in [1.82, 2.24) is 4.31 Å². The fourth-order valence-electron chi connectivity index (χ4n) is 2.60. The average Bonchev–Trinajstić information content (AvgIpc) is 2.54. The number of rotatable bonds is 5. The molecule has 23 heavy (non-hydrogen) atoms. The number of ether oxygens (including phenoxy) is 2. The molecule has 0 bridgehead atoms. The predicted molar refractivity (Wildman–Crippen MR) is 87.3 cm³/mol. The van der Waals surface area contributed by atoms with Crippen LogP contribution in [-0.4, -0.2) is 52.2 Å². The molecule has 2 rings (SSSR count). The van der Waals surface area contributed by atoms with Crippen LogP contribution in [0.3, 0.4) is 0 Å². The van der Waals surface area contributed by atoms with Crippen molar-refractivity contribution in [2.24, 2.45) is 5.92 Å². The van der Waals surface area contributed by atoms with E-state index < -0.39 is 10.0 Å². The van der Waals surface area contributed by atoms with E-state index in [0.29, 0.717) is 36.6 Å². The fourth-order valence-corrected chi connectivity index (χ4v) is 3.52. The standard InChI is InChI=1S/C15H22N2O5S/c1-21-12-6-7-14(22-2)13(9-12)16-15(18)11-5-4-8-17(10-11)23(3,19)20/h6-7,9,11H,4-5,8,10H2,1-3H3,(H,16,18)/t11-/m1/s1. The lowest BCUT2D eigenvalue weighted by Crippen LogP contribution is -2.43. The molecule has 1 aliphatic rings. The van der Waals surface area contributed by atoms with Gasteiger partial charge < -0.3 is 14.8 Å². The summed E-state index contributed by atoms with van der Waals surface area (Å²) in [7, 11) is -0.222. The molecule has 1 fully saturated rings. The minimum absolute atomic E-state index is 0.205. The number of sulfonamides is 1. The molecule has 0 unspecified atom stereocenters. The van der Waals surface area contributed by atoms with Crippen molar-refractivity contribution >= 4 is 21.6 Å². The van der Waals surface area contributed by atoms with Crippen molar-refractivity contribution in [2.45, 2.75) is 12.8 Å². The fraction of sp³-hybridized carbons (Fsp3) is 0.533. The number of nitrogens with one attached hydrogen (secondary N) is 1. The lowest BCUT2D eigenvalue weighted by molar-refractivity contribution is -0.120. The minimum Gasteiger partial charge on any atom is -0.497 e. The second-order valence-electron chi connectivity index (χ2n) is 5.52. The highest BCUT2D eigenvalue weighted by molar-refractivity contribution is 7.88. The molecule has 1 aromatic rings. The van der Waals surface area contributed by atoms with Gasteiger partial charge >= 0.3 is 0 Å². The zero-order valence-corrected chi connectivity index (χ0v) is 14.4. The van der Waals surface area contributed by atoms with Gasteiger partial charge in [-0.1, -0.05) is 0 Å². The molecule has 0 radical (unpaired) electrons. The van der Waals surface area contributed by atoms with Gasteiger partial charge in [-0.3, -0.25) is 4.79 Å².